The lowest BCUT2D eigenvalue weighted by molar-refractivity contribution is 0.404. The molecule has 2 N–H and O–H groups in total. The SMILES string of the molecule is CCCn1nc(C)c(N)c1Oc1ccc(F)c(F)c1. The molecule has 0 amide bonds. The predicted octanol–water partition coefficient (Wildman–Crippen LogP) is 3.25. The van der Waals surface area contributed by atoms with E-state index in [0.29, 0.717) is 23.8 Å². The number of hydrogen-bond donors (Lipinski definition) is 1. The maximum Gasteiger partial charge on any atom is 0.241 e. The van der Waals surface area contributed by atoms with Crippen LogP contribution in [0.5, 0.6) is 11.6 Å². The Morgan fingerprint density at radius 1 is 1.32 bits per heavy atom. The third kappa shape index (κ3) is 2.67. The Morgan fingerprint density at radius 3 is 2.68 bits per heavy atom. The fraction of sp³-hybridized carbons (Fsp3) is 0.308. The normalized spacial score (nSPS) is 10.7. The van der Waals surface area contributed by atoms with Gasteiger partial charge in [-0.25, -0.2) is 13.5 Å². The Bertz CT molecular complexity index is 596. The zero-order valence-corrected chi connectivity index (χ0v) is 10.8. The second-order valence-corrected chi connectivity index (χ2v) is 4.21. The molecule has 4 nitrogen and oxygen atoms in total. The molecule has 2 aromatic rings. The van der Waals surface area contributed by atoms with Gasteiger partial charge >= 0.3 is 0 Å². The molecule has 0 saturated heterocycles. The van der Waals surface area contributed by atoms with Gasteiger partial charge in [-0.15, -0.1) is 0 Å². The number of aromatic nitrogens is 2. The molecule has 0 bridgehead atoms. The van der Waals surface area contributed by atoms with E-state index in [-0.39, 0.29) is 5.75 Å². The van der Waals surface area contributed by atoms with Crippen LogP contribution in [0.4, 0.5) is 14.5 Å². The van der Waals surface area contributed by atoms with Crippen molar-refractivity contribution in [3.63, 3.8) is 0 Å². The Balaban J connectivity index is 2.34. The number of nitrogen functional groups attached to an aromatic ring is 1. The zero-order valence-electron chi connectivity index (χ0n) is 10.8. The first kappa shape index (κ1) is 13.3. The van der Waals surface area contributed by atoms with Crippen LogP contribution in [0.15, 0.2) is 18.2 Å². The molecule has 1 heterocycles. The fourth-order valence-corrected chi connectivity index (χ4v) is 1.70. The maximum absolute atomic E-state index is 13.1. The summed E-state index contributed by atoms with van der Waals surface area (Å²) >= 11 is 0. The number of benzene rings is 1. The highest BCUT2D eigenvalue weighted by molar-refractivity contribution is 5.54. The van der Waals surface area contributed by atoms with Crippen LogP contribution < -0.4 is 10.5 Å². The molecular formula is C13H15F2N3O. The van der Waals surface area contributed by atoms with Crippen molar-refractivity contribution in [2.24, 2.45) is 0 Å². The summed E-state index contributed by atoms with van der Waals surface area (Å²) in [5.41, 5.74) is 6.92. The van der Waals surface area contributed by atoms with Crippen molar-refractivity contribution in [3.05, 3.63) is 35.5 Å². The van der Waals surface area contributed by atoms with Gasteiger partial charge < -0.3 is 10.5 Å². The lowest BCUT2D eigenvalue weighted by Gasteiger charge is -2.09. The van der Waals surface area contributed by atoms with Gasteiger partial charge in [0, 0.05) is 12.6 Å². The molecule has 102 valence electrons. The highest BCUT2D eigenvalue weighted by Gasteiger charge is 2.15. The average molecular weight is 267 g/mol. The molecule has 1 aromatic carbocycles. The molecule has 0 atom stereocenters. The van der Waals surface area contributed by atoms with E-state index in [2.05, 4.69) is 5.10 Å². The Kier molecular flexibility index (Phi) is 3.69. The second-order valence-electron chi connectivity index (χ2n) is 4.21. The van der Waals surface area contributed by atoms with Gasteiger partial charge in [-0.3, -0.25) is 0 Å². The van der Waals surface area contributed by atoms with E-state index in [1.165, 1.54) is 6.07 Å². The lowest BCUT2D eigenvalue weighted by Crippen LogP contribution is -2.03. The summed E-state index contributed by atoms with van der Waals surface area (Å²) in [5, 5.41) is 4.23. The highest BCUT2D eigenvalue weighted by atomic mass is 19.2. The summed E-state index contributed by atoms with van der Waals surface area (Å²) in [6.45, 7) is 4.39. The van der Waals surface area contributed by atoms with Crippen LogP contribution in [-0.2, 0) is 6.54 Å². The van der Waals surface area contributed by atoms with Gasteiger partial charge in [0.05, 0.1) is 5.69 Å². The molecule has 0 radical (unpaired) electrons. The molecule has 2 rings (SSSR count). The van der Waals surface area contributed by atoms with Crippen LogP contribution in [-0.4, -0.2) is 9.78 Å². The highest BCUT2D eigenvalue weighted by Crippen LogP contribution is 2.30. The van der Waals surface area contributed by atoms with Crippen molar-refractivity contribution in [2.45, 2.75) is 26.8 Å². The summed E-state index contributed by atoms with van der Waals surface area (Å²) < 4.78 is 33.1. The number of aryl methyl sites for hydroxylation is 2. The minimum atomic E-state index is -0.964. The summed E-state index contributed by atoms with van der Waals surface area (Å²) in [6, 6.07) is 3.33. The van der Waals surface area contributed by atoms with Gasteiger partial charge in [0.15, 0.2) is 11.6 Å². The third-order valence-corrected chi connectivity index (χ3v) is 2.67. The Morgan fingerprint density at radius 2 is 2.05 bits per heavy atom. The molecule has 0 aliphatic carbocycles. The smallest absolute Gasteiger partial charge is 0.241 e. The van der Waals surface area contributed by atoms with Crippen LogP contribution in [0.1, 0.15) is 19.0 Å². The molecule has 0 aliphatic heterocycles. The first-order chi connectivity index (χ1) is 9.02. The number of hydrogen-bond acceptors (Lipinski definition) is 3. The monoisotopic (exact) mass is 267 g/mol. The zero-order chi connectivity index (χ0) is 14.0. The molecular weight excluding hydrogens is 252 g/mol. The fourth-order valence-electron chi connectivity index (χ4n) is 1.70. The minimum absolute atomic E-state index is 0.183. The predicted molar refractivity (Wildman–Crippen MR) is 68.1 cm³/mol. The van der Waals surface area contributed by atoms with Crippen molar-refractivity contribution in [1.29, 1.82) is 0 Å². The van der Waals surface area contributed by atoms with Crippen LogP contribution in [0.2, 0.25) is 0 Å². The quantitative estimate of drug-likeness (QED) is 0.925. The molecule has 0 aliphatic rings. The number of ether oxygens (including phenoxy) is 1. The van der Waals surface area contributed by atoms with Gasteiger partial charge in [0.2, 0.25) is 5.88 Å². The molecule has 0 saturated carbocycles. The van der Waals surface area contributed by atoms with Crippen molar-refractivity contribution < 1.29 is 13.5 Å². The summed E-state index contributed by atoms with van der Waals surface area (Å²) in [5.74, 6) is -1.35. The second kappa shape index (κ2) is 5.26. The molecule has 6 heteroatoms. The van der Waals surface area contributed by atoms with Gasteiger partial charge in [-0.2, -0.15) is 5.10 Å². The third-order valence-electron chi connectivity index (χ3n) is 2.67. The summed E-state index contributed by atoms with van der Waals surface area (Å²) in [7, 11) is 0. The number of anilines is 1. The molecule has 0 fully saturated rings. The standard InChI is InChI=1S/C13H15F2N3O/c1-3-6-18-13(12(16)8(2)17-18)19-9-4-5-10(14)11(15)7-9/h4-5,7H,3,6,16H2,1-2H3. The Labute approximate surface area is 109 Å². The number of rotatable bonds is 4. The Hall–Kier alpha value is -2.11. The van der Waals surface area contributed by atoms with E-state index in [9.17, 15) is 8.78 Å². The molecule has 0 spiro atoms. The van der Waals surface area contributed by atoms with Crippen molar-refractivity contribution in [1.82, 2.24) is 9.78 Å². The van der Waals surface area contributed by atoms with Crippen LogP contribution in [0.3, 0.4) is 0 Å². The maximum atomic E-state index is 13.1. The lowest BCUT2D eigenvalue weighted by atomic mass is 10.3. The van der Waals surface area contributed by atoms with E-state index in [0.717, 1.165) is 18.6 Å². The average Bonchev–Trinajstić information content (AvgIpc) is 2.62. The van der Waals surface area contributed by atoms with E-state index in [4.69, 9.17) is 10.5 Å². The molecule has 0 unspecified atom stereocenters. The van der Waals surface area contributed by atoms with E-state index in [1.807, 2.05) is 6.92 Å². The molecule has 1 aromatic heterocycles. The van der Waals surface area contributed by atoms with Crippen LogP contribution >= 0.6 is 0 Å². The van der Waals surface area contributed by atoms with E-state index in [1.54, 1.807) is 11.6 Å². The van der Waals surface area contributed by atoms with E-state index < -0.39 is 11.6 Å². The van der Waals surface area contributed by atoms with Gasteiger partial charge in [-0.05, 0) is 25.5 Å². The van der Waals surface area contributed by atoms with E-state index >= 15 is 0 Å². The van der Waals surface area contributed by atoms with Gasteiger partial charge in [0.1, 0.15) is 11.4 Å². The van der Waals surface area contributed by atoms with Crippen LogP contribution in [0.25, 0.3) is 0 Å². The van der Waals surface area contributed by atoms with Crippen LogP contribution in [0, 0.1) is 18.6 Å². The minimum Gasteiger partial charge on any atom is -0.437 e. The summed E-state index contributed by atoms with van der Waals surface area (Å²) in [6.07, 6.45) is 0.856. The number of nitrogens with two attached hydrogens (primary N) is 1. The van der Waals surface area contributed by atoms with Crippen molar-refractivity contribution >= 4 is 5.69 Å². The number of halogens is 2. The first-order valence-electron chi connectivity index (χ1n) is 5.98. The van der Waals surface area contributed by atoms with Gasteiger partial charge in [0.25, 0.3) is 0 Å². The number of nitrogens with zero attached hydrogens (tertiary/aromatic N) is 2. The first-order valence-corrected chi connectivity index (χ1v) is 5.98. The van der Waals surface area contributed by atoms with Crippen molar-refractivity contribution in [3.8, 4) is 11.6 Å². The topological polar surface area (TPSA) is 53.1 Å². The molecule has 19 heavy (non-hydrogen) atoms. The van der Waals surface area contributed by atoms with Gasteiger partial charge in [-0.1, -0.05) is 6.92 Å². The largest absolute Gasteiger partial charge is 0.437 e. The summed E-state index contributed by atoms with van der Waals surface area (Å²) in [4.78, 5) is 0. The van der Waals surface area contributed by atoms with Crippen molar-refractivity contribution in [2.75, 3.05) is 5.73 Å².